The van der Waals surface area contributed by atoms with E-state index in [4.69, 9.17) is 9.47 Å². The molecule has 55 heavy (non-hydrogen) atoms. The van der Waals surface area contributed by atoms with Gasteiger partial charge in [0.1, 0.15) is 16.7 Å². The minimum absolute atomic E-state index is 0.00866. The molecular formula is C37H51F3N6O7S2. The molecule has 1 saturated carbocycles. The van der Waals surface area contributed by atoms with Crippen molar-refractivity contribution in [3.63, 3.8) is 0 Å². The second-order valence-corrected chi connectivity index (χ2v) is 16.2. The summed E-state index contributed by atoms with van der Waals surface area (Å²) in [4.78, 5) is 77.4. The van der Waals surface area contributed by atoms with Crippen molar-refractivity contribution in [3.05, 3.63) is 44.3 Å². The average molecular weight is 813 g/mol. The largest absolute Gasteiger partial charge is 0.469 e. The van der Waals surface area contributed by atoms with E-state index in [-0.39, 0.29) is 58.7 Å². The lowest BCUT2D eigenvalue weighted by atomic mass is 9.98. The average Bonchev–Trinajstić information content (AvgIpc) is 3.63. The molecular weight excluding hydrogens is 762 g/mol. The molecule has 0 bridgehead atoms. The van der Waals surface area contributed by atoms with E-state index in [2.05, 4.69) is 32.1 Å². The Morgan fingerprint density at radius 2 is 1.76 bits per heavy atom. The molecule has 0 unspecified atom stereocenters. The Morgan fingerprint density at radius 3 is 2.35 bits per heavy atom. The quantitative estimate of drug-likeness (QED) is 0.149. The maximum absolute atomic E-state index is 14.1. The van der Waals surface area contributed by atoms with Crippen LogP contribution in [0.1, 0.15) is 105 Å². The lowest BCUT2D eigenvalue weighted by molar-refractivity contribution is -0.148. The van der Waals surface area contributed by atoms with Gasteiger partial charge in [0.05, 0.1) is 30.1 Å². The SMILES string of the molecule is C=C(C)[C@@H](C[C@@H](OC(C)=O)c1nc(C(=O)N[C@@H](Cc2nc(C(F)(F)F)cs2)C[C@H](C)C(=O)OC)cs1)N(C)C(=O)[C@@H](NC(=O)[C@H]1CCCCN1CC)C1CC1. The number of esters is 2. The van der Waals surface area contributed by atoms with Crippen molar-refractivity contribution in [2.24, 2.45) is 11.8 Å². The molecule has 18 heteroatoms. The fraction of sp³-hybridized carbons (Fsp3) is 0.649. The number of aromatic nitrogens is 2. The molecule has 4 rings (SSSR count). The third-order valence-corrected chi connectivity index (χ3v) is 11.8. The second-order valence-electron chi connectivity index (χ2n) is 14.3. The predicted octanol–water partition coefficient (Wildman–Crippen LogP) is 5.33. The summed E-state index contributed by atoms with van der Waals surface area (Å²) in [7, 11) is 2.84. The number of piperidine rings is 1. The summed E-state index contributed by atoms with van der Waals surface area (Å²) < 4.78 is 50.2. The van der Waals surface area contributed by atoms with E-state index < -0.39 is 59.9 Å². The Morgan fingerprint density at radius 1 is 1.05 bits per heavy atom. The molecule has 0 aromatic carbocycles. The third kappa shape index (κ3) is 12.0. The van der Waals surface area contributed by atoms with Gasteiger partial charge < -0.3 is 25.0 Å². The van der Waals surface area contributed by atoms with Crippen molar-refractivity contribution in [2.45, 2.75) is 116 Å². The van der Waals surface area contributed by atoms with Crippen molar-refractivity contribution in [3.8, 4) is 0 Å². The molecule has 1 aliphatic carbocycles. The van der Waals surface area contributed by atoms with Crippen LogP contribution in [0.3, 0.4) is 0 Å². The number of hydrogen-bond donors (Lipinski definition) is 2. The predicted molar refractivity (Wildman–Crippen MR) is 200 cm³/mol. The number of carbonyl (C=O) groups excluding carboxylic acids is 5. The standard InChI is InChI=1S/C37H51F3N6O7S2/c1-8-46-14-10-9-11-26(46)33(49)44-31(23-12-13-23)35(50)45(6)27(20(2)3)17-28(53-22(5)47)34-42-25(18-55-34)32(48)41-24(15-21(4)36(51)52-7)16-30-43-29(19-54-30)37(38,39)40/h18-19,21,23-24,26-28,31H,2,8-17H2,1,3-7H3,(H,41,48)(H,44,49)/t21-,24+,26+,27+,28+,31-/m0/s1. The molecule has 0 radical (unpaired) electrons. The highest BCUT2D eigenvalue weighted by molar-refractivity contribution is 7.10. The molecule has 6 atom stereocenters. The first-order chi connectivity index (χ1) is 25.9. The number of nitrogens with zero attached hydrogens (tertiary/aromatic N) is 4. The zero-order valence-electron chi connectivity index (χ0n) is 32.1. The summed E-state index contributed by atoms with van der Waals surface area (Å²) in [5, 5.41) is 8.57. The highest BCUT2D eigenvalue weighted by Gasteiger charge is 2.42. The molecule has 2 N–H and O–H groups in total. The van der Waals surface area contributed by atoms with Crippen LogP contribution in [0.25, 0.3) is 0 Å². The van der Waals surface area contributed by atoms with Gasteiger partial charge in [-0.25, -0.2) is 9.97 Å². The van der Waals surface area contributed by atoms with Crippen molar-refractivity contribution in [2.75, 3.05) is 27.2 Å². The first-order valence-corrected chi connectivity index (χ1v) is 20.2. The number of halogens is 3. The fourth-order valence-electron chi connectivity index (χ4n) is 6.85. The van der Waals surface area contributed by atoms with E-state index >= 15 is 0 Å². The van der Waals surface area contributed by atoms with Gasteiger partial charge in [0.15, 0.2) is 11.8 Å². The van der Waals surface area contributed by atoms with E-state index in [9.17, 15) is 37.1 Å². The number of likely N-dealkylation sites (tertiary alicyclic amines) is 1. The molecule has 3 heterocycles. The number of rotatable bonds is 18. The molecule has 1 saturated heterocycles. The normalized spacial score (nSPS) is 19.0. The summed E-state index contributed by atoms with van der Waals surface area (Å²) in [6.07, 6.45) is -1.26. The molecule has 2 aromatic rings. The Bertz CT molecular complexity index is 1700. The Labute approximate surface area is 327 Å². The highest BCUT2D eigenvalue weighted by Crippen LogP contribution is 2.36. The minimum Gasteiger partial charge on any atom is -0.469 e. The van der Waals surface area contributed by atoms with Crippen LogP contribution in [0.5, 0.6) is 0 Å². The zero-order valence-corrected chi connectivity index (χ0v) is 33.7. The lowest BCUT2D eigenvalue weighted by Crippen LogP contribution is -2.57. The lowest BCUT2D eigenvalue weighted by Gasteiger charge is -2.36. The molecule has 1 aliphatic heterocycles. The fourth-order valence-corrected chi connectivity index (χ4v) is 8.58. The number of thiazole rings is 2. The summed E-state index contributed by atoms with van der Waals surface area (Å²) in [6, 6.07) is -2.46. The molecule has 2 aliphatic rings. The zero-order chi connectivity index (χ0) is 40.6. The number of methoxy groups -OCH3 is 1. The van der Waals surface area contributed by atoms with Gasteiger partial charge >= 0.3 is 18.1 Å². The van der Waals surface area contributed by atoms with E-state index in [1.807, 2.05) is 6.92 Å². The minimum atomic E-state index is -4.63. The van der Waals surface area contributed by atoms with Crippen LogP contribution in [0.15, 0.2) is 22.9 Å². The highest BCUT2D eigenvalue weighted by atomic mass is 32.1. The van der Waals surface area contributed by atoms with Gasteiger partial charge in [-0.3, -0.25) is 28.9 Å². The monoisotopic (exact) mass is 812 g/mol. The summed E-state index contributed by atoms with van der Waals surface area (Å²) >= 11 is 1.85. The molecule has 3 amide bonds. The van der Waals surface area contributed by atoms with Gasteiger partial charge in [-0.05, 0) is 58.0 Å². The van der Waals surface area contributed by atoms with Crippen LogP contribution >= 0.6 is 22.7 Å². The number of likely N-dealkylation sites (N-methyl/N-ethyl adjacent to an activating group) is 2. The number of hydrogen-bond acceptors (Lipinski definition) is 12. The van der Waals surface area contributed by atoms with Crippen LogP contribution in [-0.4, -0.2) is 101 Å². The number of ether oxygens (including phenoxy) is 2. The van der Waals surface area contributed by atoms with Gasteiger partial charge in [-0.15, -0.1) is 22.7 Å². The molecule has 304 valence electrons. The van der Waals surface area contributed by atoms with Gasteiger partial charge in [0, 0.05) is 43.6 Å². The summed E-state index contributed by atoms with van der Waals surface area (Å²) in [5.41, 5.74) is -0.485. The number of carbonyl (C=O) groups is 5. The Kier molecular flexibility index (Phi) is 15.4. The van der Waals surface area contributed by atoms with Crippen molar-refractivity contribution in [1.82, 2.24) is 30.4 Å². The molecule has 2 fully saturated rings. The van der Waals surface area contributed by atoms with Gasteiger partial charge in [0.25, 0.3) is 5.91 Å². The van der Waals surface area contributed by atoms with Gasteiger partial charge in [-0.2, -0.15) is 13.2 Å². The van der Waals surface area contributed by atoms with Gasteiger partial charge in [0.2, 0.25) is 11.8 Å². The topological polar surface area (TPSA) is 160 Å². The first-order valence-electron chi connectivity index (χ1n) is 18.4. The van der Waals surface area contributed by atoms with E-state index in [0.29, 0.717) is 5.57 Å². The smallest absolute Gasteiger partial charge is 0.434 e. The maximum atomic E-state index is 14.1. The molecule has 13 nitrogen and oxygen atoms in total. The van der Waals surface area contributed by atoms with E-state index in [1.54, 1.807) is 20.9 Å². The summed E-state index contributed by atoms with van der Waals surface area (Å²) in [6.45, 7) is 12.3. The van der Waals surface area contributed by atoms with Crippen LogP contribution in [0.2, 0.25) is 0 Å². The van der Waals surface area contributed by atoms with Crippen LogP contribution < -0.4 is 10.6 Å². The Balaban J connectivity index is 1.50. The second kappa shape index (κ2) is 19.3. The Hall–Kier alpha value is -3.90. The van der Waals surface area contributed by atoms with Crippen molar-refractivity contribution in [1.29, 1.82) is 0 Å². The summed E-state index contributed by atoms with van der Waals surface area (Å²) in [5.74, 6) is -2.95. The van der Waals surface area contributed by atoms with Crippen LogP contribution in [0.4, 0.5) is 13.2 Å². The third-order valence-electron chi connectivity index (χ3n) is 9.98. The van der Waals surface area contributed by atoms with Crippen molar-refractivity contribution < 1.29 is 46.6 Å². The maximum Gasteiger partial charge on any atom is 0.434 e. The first kappa shape index (κ1) is 43.8. The van der Waals surface area contributed by atoms with E-state index in [1.165, 1.54) is 24.3 Å². The molecule has 2 aromatic heterocycles. The van der Waals surface area contributed by atoms with Crippen LogP contribution in [0, 0.1) is 11.8 Å². The van der Waals surface area contributed by atoms with Crippen LogP contribution in [-0.2, 0) is 41.2 Å². The van der Waals surface area contributed by atoms with Crippen molar-refractivity contribution >= 4 is 52.3 Å². The number of amides is 3. The number of nitrogens with one attached hydrogen (secondary N) is 2. The van der Waals surface area contributed by atoms with Gasteiger partial charge in [-0.1, -0.05) is 32.4 Å². The number of alkyl halides is 3. The molecule has 0 spiro atoms. The van der Waals surface area contributed by atoms with E-state index in [0.717, 1.165) is 73.2 Å².